The predicted octanol–water partition coefficient (Wildman–Crippen LogP) is 0.749. The van der Waals surface area contributed by atoms with Crippen LogP contribution in [0.4, 0.5) is 0 Å². The van der Waals surface area contributed by atoms with Crippen molar-refractivity contribution in [3.05, 3.63) is 24.3 Å². The molecule has 2 saturated heterocycles. The number of benzene rings is 1. The van der Waals surface area contributed by atoms with Crippen molar-refractivity contribution in [2.45, 2.75) is 35.5 Å². The van der Waals surface area contributed by atoms with E-state index in [1.807, 2.05) is 0 Å². The molecule has 2 N–H and O–H groups in total. The van der Waals surface area contributed by atoms with Crippen LogP contribution in [0.2, 0.25) is 0 Å². The van der Waals surface area contributed by atoms with E-state index in [2.05, 4.69) is 10.0 Å². The van der Waals surface area contributed by atoms with E-state index >= 15 is 0 Å². The zero-order valence-corrected chi connectivity index (χ0v) is 15.8. The number of hydrogen-bond acceptors (Lipinski definition) is 5. The topological polar surface area (TPSA) is 95.6 Å². The zero-order valence-electron chi connectivity index (χ0n) is 14.1. The molecule has 3 rings (SSSR count). The standard InChI is InChI=1S/C16H25N3O4S2/c20-24(21,18-13-14-5-4-8-17-12-14)15-6-3-7-16(11-15)25(22,23)19-9-1-2-10-19/h3,6-7,11,14,17-18H,1-2,4-5,8-10,12-13H2. The fourth-order valence-corrected chi connectivity index (χ4v) is 6.09. The minimum Gasteiger partial charge on any atom is -0.316 e. The van der Waals surface area contributed by atoms with Gasteiger partial charge < -0.3 is 5.32 Å². The fourth-order valence-electron chi connectivity index (χ4n) is 3.29. The van der Waals surface area contributed by atoms with Gasteiger partial charge in [-0.3, -0.25) is 0 Å². The molecule has 2 fully saturated rings. The van der Waals surface area contributed by atoms with Gasteiger partial charge >= 0.3 is 0 Å². The predicted molar refractivity (Wildman–Crippen MR) is 95.2 cm³/mol. The summed E-state index contributed by atoms with van der Waals surface area (Å²) in [5.74, 6) is 0.264. The molecular formula is C16H25N3O4S2. The summed E-state index contributed by atoms with van der Waals surface area (Å²) in [4.78, 5) is 0.0353. The van der Waals surface area contributed by atoms with Crippen molar-refractivity contribution >= 4 is 20.0 Å². The number of nitrogens with one attached hydrogen (secondary N) is 2. The number of sulfonamides is 2. The molecule has 0 amide bonds. The van der Waals surface area contributed by atoms with Crippen molar-refractivity contribution in [3.63, 3.8) is 0 Å². The Kier molecular flexibility index (Phi) is 5.79. The largest absolute Gasteiger partial charge is 0.316 e. The molecule has 2 aliphatic rings. The quantitative estimate of drug-likeness (QED) is 0.751. The number of piperidine rings is 1. The number of hydrogen-bond donors (Lipinski definition) is 2. The molecule has 140 valence electrons. The van der Waals surface area contributed by atoms with Crippen molar-refractivity contribution in [1.29, 1.82) is 0 Å². The first-order valence-electron chi connectivity index (χ1n) is 8.70. The summed E-state index contributed by atoms with van der Waals surface area (Å²) in [6, 6.07) is 5.64. The first-order valence-corrected chi connectivity index (χ1v) is 11.6. The van der Waals surface area contributed by atoms with E-state index in [1.54, 1.807) is 0 Å². The zero-order chi connectivity index (χ0) is 17.9. The molecule has 0 aliphatic carbocycles. The monoisotopic (exact) mass is 387 g/mol. The lowest BCUT2D eigenvalue weighted by Crippen LogP contribution is -2.38. The van der Waals surface area contributed by atoms with Crippen LogP contribution in [0.15, 0.2) is 34.1 Å². The summed E-state index contributed by atoms with van der Waals surface area (Å²) in [5, 5.41) is 3.25. The van der Waals surface area contributed by atoms with Gasteiger partial charge in [0.15, 0.2) is 0 Å². The highest BCUT2D eigenvalue weighted by Crippen LogP contribution is 2.23. The molecule has 9 heteroatoms. The Bertz CT molecular complexity index is 796. The van der Waals surface area contributed by atoms with Crippen LogP contribution in [0.1, 0.15) is 25.7 Å². The molecule has 1 aromatic rings. The molecule has 0 radical (unpaired) electrons. The van der Waals surface area contributed by atoms with Crippen molar-refractivity contribution in [2.75, 3.05) is 32.7 Å². The van der Waals surface area contributed by atoms with Crippen LogP contribution in [0.3, 0.4) is 0 Å². The maximum Gasteiger partial charge on any atom is 0.243 e. The number of nitrogens with zero attached hydrogens (tertiary/aromatic N) is 1. The smallest absolute Gasteiger partial charge is 0.243 e. The minimum atomic E-state index is -3.73. The molecule has 7 nitrogen and oxygen atoms in total. The second kappa shape index (κ2) is 7.71. The van der Waals surface area contributed by atoms with Gasteiger partial charge in [-0.05, 0) is 62.9 Å². The molecule has 1 atom stereocenters. The van der Waals surface area contributed by atoms with Crippen LogP contribution in [-0.2, 0) is 20.0 Å². The van der Waals surface area contributed by atoms with Crippen molar-refractivity contribution < 1.29 is 16.8 Å². The maximum atomic E-state index is 12.6. The normalized spacial score (nSPS) is 23.0. The molecule has 0 aromatic heterocycles. The summed E-state index contributed by atoms with van der Waals surface area (Å²) in [6.45, 7) is 3.11. The van der Waals surface area contributed by atoms with E-state index in [0.29, 0.717) is 19.6 Å². The maximum absolute atomic E-state index is 12.6. The van der Waals surface area contributed by atoms with E-state index in [1.165, 1.54) is 28.6 Å². The van der Waals surface area contributed by atoms with Crippen LogP contribution in [-0.4, -0.2) is 53.9 Å². The summed E-state index contributed by atoms with van der Waals surface area (Å²) in [6.07, 6.45) is 3.71. The van der Waals surface area contributed by atoms with Gasteiger partial charge in [-0.25, -0.2) is 21.6 Å². The van der Waals surface area contributed by atoms with Gasteiger partial charge in [0.25, 0.3) is 0 Å². The summed E-state index contributed by atoms with van der Waals surface area (Å²) in [5.41, 5.74) is 0. The second-order valence-corrected chi connectivity index (χ2v) is 10.4. The highest BCUT2D eigenvalue weighted by molar-refractivity contribution is 7.90. The van der Waals surface area contributed by atoms with Crippen LogP contribution in [0, 0.1) is 5.92 Å². The molecular weight excluding hydrogens is 362 g/mol. The van der Waals surface area contributed by atoms with E-state index < -0.39 is 20.0 Å². The van der Waals surface area contributed by atoms with Gasteiger partial charge in [0.05, 0.1) is 9.79 Å². The average molecular weight is 388 g/mol. The minimum absolute atomic E-state index is 0.00320. The summed E-state index contributed by atoms with van der Waals surface area (Å²) in [7, 11) is -7.35. The van der Waals surface area contributed by atoms with Crippen molar-refractivity contribution in [2.24, 2.45) is 5.92 Å². The molecule has 1 unspecified atom stereocenters. The SMILES string of the molecule is O=S(=O)(NCC1CCCNC1)c1cccc(S(=O)(=O)N2CCCC2)c1. The van der Waals surface area contributed by atoms with E-state index in [-0.39, 0.29) is 15.7 Å². The molecule has 2 heterocycles. The lowest BCUT2D eigenvalue weighted by Gasteiger charge is -2.23. The Morgan fingerprint density at radius 1 is 1.08 bits per heavy atom. The Morgan fingerprint density at radius 3 is 2.48 bits per heavy atom. The fraction of sp³-hybridized carbons (Fsp3) is 0.625. The van der Waals surface area contributed by atoms with Gasteiger partial charge in [-0.15, -0.1) is 0 Å². The lowest BCUT2D eigenvalue weighted by molar-refractivity contribution is 0.376. The third-order valence-corrected chi connectivity index (χ3v) is 8.10. The van der Waals surface area contributed by atoms with Crippen LogP contribution < -0.4 is 10.0 Å². The third-order valence-electron chi connectivity index (χ3n) is 4.78. The highest BCUT2D eigenvalue weighted by Gasteiger charge is 2.28. The first-order chi connectivity index (χ1) is 11.9. The number of rotatable bonds is 6. The van der Waals surface area contributed by atoms with E-state index in [0.717, 1.165) is 38.8 Å². The van der Waals surface area contributed by atoms with E-state index in [9.17, 15) is 16.8 Å². The second-order valence-electron chi connectivity index (χ2n) is 6.65. The Labute approximate surface area is 149 Å². The van der Waals surface area contributed by atoms with Crippen LogP contribution in [0.25, 0.3) is 0 Å². The van der Waals surface area contributed by atoms with Gasteiger partial charge in [0.1, 0.15) is 0 Å². The average Bonchev–Trinajstić information content (AvgIpc) is 3.17. The molecule has 25 heavy (non-hydrogen) atoms. The molecule has 1 aromatic carbocycles. The van der Waals surface area contributed by atoms with Crippen molar-refractivity contribution in [3.8, 4) is 0 Å². The van der Waals surface area contributed by atoms with Crippen LogP contribution >= 0.6 is 0 Å². The summed E-state index contributed by atoms with van der Waals surface area (Å²) >= 11 is 0. The third kappa shape index (κ3) is 4.40. The van der Waals surface area contributed by atoms with Gasteiger partial charge in [0, 0.05) is 19.6 Å². The van der Waals surface area contributed by atoms with Crippen molar-refractivity contribution in [1.82, 2.24) is 14.3 Å². The molecule has 0 saturated carbocycles. The van der Waals surface area contributed by atoms with Gasteiger partial charge in [-0.1, -0.05) is 6.07 Å². The highest BCUT2D eigenvalue weighted by atomic mass is 32.2. The summed E-state index contributed by atoms with van der Waals surface area (Å²) < 4.78 is 54.3. The molecule has 0 bridgehead atoms. The molecule has 0 spiro atoms. The Hall–Kier alpha value is -1.00. The van der Waals surface area contributed by atoms with Crippen LogP contribution in [0.5, 0.6) is 0 Å². The first kappa shape index (κ1) is 18.8. The molecule has 2 aliphatic heterocycles. The Morgan fingerprint density at radius 2 is 1.80 bits per heavy atom. The lowest BCUT2D eigenvalue weighted by atomic mass is 10.0. The van der Waals surface area contributed by atoms with Gasteiger partial charge in [0.2, 0.25) is 20.0 Å². The van der Waals surface area contributed by atoms with E-state index in [4.69, 9.17) is 0 Å². The van der Waals surface area contributed by atoms with Gasteiger partial charge in [-0.2, -0.15) is 4.31 Å². The Balaban J connectivity index is 1.75.